The Morgan fingerprint density at radius 1 is 1.11 bits per heavy atom. The number of urea groups is 2. The number of fused-ring (bicyclic) bond motifs is 1. The fourth-order valence-electron chi connectivity index (χ4n) is 3.21. The van der Waals surface area contributed by atoms with Gasteiger partial charge in [0.25, 0.3) is 5.91 Å². The zero-order valence-electron chi connectivity index (χ0n) is 15.0. The van der Waals surface area contributed by atoms with Gasteiger partial charge in [0.05, 0.1) is 0 Å². The zero-order valence-corrected chi connectivity index (χ0v) is 15.0. The lowest BCUT2D eigenvalue weighted by atomic mass is 9.88. The second kappa shape index (κ2) is 7.06. The van der Waals surface area contributed by atoms with Crippen LogP contribution in [0.15, 0.2) is 42.5 Å². The highest BCUT2D eigenvalue weighted by Gasteiger charge is 2.49. The average Bonchev–Trinajstić information content (AvgIpc) is 2.88. The number of nitrogens with one attached hydrogen (secondary N) is 3. The molecule has 27 heavy (non-hydrogen) atoms. The van der Waals surface area contributed by atoms with E-state index in [1.165, 1.54) is 7.05 Å². The van der Waals surface area contributed by atoms with Crippen LogP contribution in [-0.4, -0.2) is 42.4 Å². The average molecular weight is 368 g/mol. The van der Waals surface area contributed by atoms with E-state index >= 15 is 0 Å². The first-order valence-electron chi connectivity index (χ1n) is 8.50. The summed E-state index contributed by atoms with van der Waals surface area (Å²) in [6.45, 7) is 1.54. The lowest BCUT2D eigenvalue weighted by Crippen LogP contribution is -2.42. The number of carbonyl (C=O) groups excluding carboxylic acids is 4. The summed E-state index contributed by atoms with van der Waals surface area (Å²) in [4.78, 5) is 49.3. The standard InChI is InChI=1S/C19H20N4O4/c1-19(14-9-5-7-12-6-3-4-8-13(12)14)16(25)23(18(27)22-19)11-10-15(24)21-17(26)20-2/h3-9H,10-11H2,1-2H3,(H,22,27)(H2,20,21,24,26)/t19-/m1/s1. The predicted octanol–water partition coefficient (Wildman–Crippen LogP) is 1.45. The Bertz CT molecular complexity index is 937. The molecule has 0 bridgehead atoms. The van der Waals surface area contributed by atoms with Crippen molar-refractivity contribution in [2.24, 2.45) is 0 Å². The van der Waals surface area contributed by atoms with Gasteiger partial charge in [-0.15, -0.1) is 0 Å². The van der Waals surface area contributed by atoms with Gasteiger partial charge >= 0.3 is 12.1 Å². The summed E-state index contributed by atoms with van der Waals surface area (Å²) < 4.78 is 0. The first-order chi connectivity index (χ1) is 12.9. The molecule has 1 aliphatic heterocycles. The predicted molar refractivity (Wildman–Crippen MR) is 98.8 cm³/mol. The summed E-state index contributed by atoms with van der Waals surface area (Å²) in [5, 5.41) is 8.93. The molecular formula is C19H20N4O4. The van der Waals surface area contributed by atoms with Crippen LogP contribution >= 0.6 is 0 Å². The minimum Gasteiger partial charge on any atom is -0.341 e. The first-order valence-corrected chi connectivity index (χ1v) is 8.50. The molecule has 1 atom stereocenters. The molecule has 1 saturated heterocycles. The molecule has 2 aromatic rings. The Hall–Kier alpha value is -3.42. The molecule has 0 aromatic heterocycles. The van der Waals surface area contributed by atoms with Crippen molar-refractivity contribution in [1.82, 2.24) is 20.9 Å². The molecule has 140 valence electrons. The van der Waals surface area contributed by atoms with Crippen LogP contribution < -0.4 is 16.0 Å². The number of carbonyl (C=O) groups is 4. The van der Waals surface area contributed by atoms with E-state index in [2.05, 4.69) is 16.0 Å². The van der Waals surface area contributed by atoms with Gasteiger partial charge in [-0.3, -0.25) is 19.8 Å². The number of hydrogen-bond donors (Lipinski definition) is 3. The molecule has 0 unspecified atom stereocenters. The molecule has 8 heteroatoms. The molecule has 1 fully saturated rings. The smallest absolute Gasteiger partial charge is 0.325 e. The Morgan fingerprint density at radius 2 is 1.81 bits per heavy atom. The quantitative estimate of drug-likeness (QED) is 0.710. The number of nitrogens with zero attached hydrogens (tertiary/aromatic N) is 1. The van der Waals surface area contributed by atoms with E-state index in [-0.39, 0.29) is 13.0 Å². The van der Waals surface area contributed by atoms with Crippen LogP contribution in [0.3, 0.4) is 0 Å². The van der Waals surface area contributed by atoms with Crippen molar-refractivity contribution in [3.8, 4) is 0 Å². The molecule has 0 aliphatic carbocycles. The van der Waals surface area contributed by atoms with Crippen LogP contribution in [0.25, 0.3) is 10.8 Å². The maximum atomic E-state index is 13.0. The SMILES string of the molecule is CNC(=O)NC(=O)CCN1C(=O)N[C@](C)(c2cccc3ccccc23)C1=O. The number of imide groups is 2. The number of benzene rings is 2. The van der Waals surface area contributed by atoms with Crippen LogP contribution in [-0.2, 0) is 15.1 Å². The molecule has 6 amide bonds. The molecule has 0 saturated carbocycles. The van der Waals surface area contributed by atoms with Crippen LogP contribution in [0.5, 0.6) is 0 Å². The maximum Gasteiger partial charge on any atom is 0.325 e. The van der Waals surface area contributed by atoms with E-state index < -0.39 is 29.4 Å². The zero-order chi connectivity index (χ0) is 19.6. The second-order valence-electron chi connectivity index (χ2n) is 6.42. The van der Waals surface area contributed by atoms with E-state index in [1.54, 1.807) is 6.92 Å². The lowest BCUT2D eigenvalue weighted by Gasteiger charge is -2.24. The van der Waals surface area contributed by atoms with Crippen molar-refractivity contribution in [2.75, 3.05) is 13.6 Å². The summed E-state index contributed by atoms with van der Waals surface area (Å²) in [7, 11) is 1.38. The molecule has 3 rings (SSSR count). The van der Waals surface area contributed by atoms with Crippen molar-refractivity contribution >= 4 is 34.6 Å². The van der Waals surface area contributed by atoms with Gasteiger partial charge in [-0.2, -0.15) is 0 Å². The number of rotatable bonds is 4. The van der Waals surface area contributed by atoms with Crippen molar-refractivity contribution in [1.29, 1.82) is 0 Å². The van der Waals surface area contributed by atoms with Crippen LogP contribution in [0, 0.1) is 0 Å². The van der Waals surface area contributed by atoms with Gasteiger partial charge in [0.2, 0.25) is 5.91 Å². The van der Waals surface area contributed by atoms with Gasteiger partial charge in [-0.25, -0.2) is 9.59 Å². The van der Waals surface area contributed by atoms with Crippen LogP contribution in [0.1, 0.15) is 18.9 Å². The summed E-state index contributed by atoms with van der Waals surface area (Å²) in [6, 6.07) is 12.0. The summed E-state index contributed by atoms with van der Waals surface area (Å²) >= 11 is 0. The molecule has 1 aliphatic rings. The van der Waals surface area contributed by atoms with Crippen LogP contribution in [0.4, 0.5) is 9.59 Å². The maximum absolute atomic E-state index is 13.0. The Morgan fingerprint density at radius 3 is 2.56 bits per heavy atom. The molecule has 1 heterocycles. The Balaban J connectivity index is 1.82. The van der Waals surface area contributed by atoms with E-state index in [1.807, 2.05) is 42.5 Å². The number of hydrogen-bond acceptors (Lipinski definition) is 4. The van der Waals surface area contributed by atoms with Gasteiger partial charge in [-0.1, -0.05) is 42.5 Å². The highest BCUT2D eigenvalue weighted by Crippen LogP contribution is 2.33. The minimum atomic E-state index is -1.23. The summed E-state index contributed by atoms with van der Waals surface area (Å²) in [5.74, 6) is -1.01. The molecule has 3 N–H and O–H groups in total. The van der Waals surface area contributed by atoms with Gasteiger partial charge in [0.1, 0.15) is 5.54 Å². The van der Waals surface area contributed by atoms with Gasteiger partial charge in [0.15, 0.2) is 0 Å². The fourth-order valence-corrected chi connectivity index (χ4v) is 3.21. The third-order valence-corrected chi connectivity index (χ3v) is 4.65. The molecule has 8 nitrogen and oxygen atoms in total. The minimum absolute atomic E-state index is 0.117. The Kier molecular flexibility index (Phi) is 4.81. The molecule has 2 aromatic carbocycles. The second-order valence-corrected chi connectivity index (χ2v) is 6.42. The van der Waals surface area contributed by atoms with Gasteiger partial charge < -0.3 is 10.6 Å². The Labute approximate surface area is 155 Å². The third kappa shape index (κ3) is 3.33. The number of amides is 6. The summed E-state index contributed by atoms with van der Waals surface area (Å²) in [6.07, 6.45) is -0.168. The third-order valence-electron chi connectivity index (χ3n) is 4.65. The largest absolute Gasteiger partial charge is 0.341 e. The van der Waals surface area contributed by atoms with E-state index in [0.29, 0.717) is 5.56 Å². The van der Waals surface area contributed by atoms with Crippen molar-refractivity contribution in [2.45, 2.75) is 18.9 Å². The monoisotopic (exact) mass is 368 g/mol. The van der Waals surface area contributed by atoms with Crippen molar-refractivity contribution < 1.29 is 19.2 Å². The highest BCUT2D eigenvalue weighted by molar-refractivity contribution is 6.09. The van der Waals surface area contributed by atoms with Gasteiger partial charge in [-0.05, 0) is 23.3 Å². The fraction of sp³-hybridized carbons (Fsp3) is 0.263. The van der Waals surface area contributed by atoms with Crippen molar-refractivity contribution in [3.63, 3.8) is 0 Å². The highest BCUT2D eigenvalue weighted by atomic mass is 16.2. The van der Waals surface area contributed by atoms with Gasteiger partial charge in [0, 0.05) is 20.0 Å². The van der Waals surface area contributed by atoms with E-state index in [0.717, 1.165) is 15.7 Å². The van der Waals surface area contributed by atoms with Crippen molar-refractivity contribution in [3.05, 3.63) is 48.0 Å². The molecular weight excluding hydrogens is 348 g/mol. The van der Waals surface area contributed by atoms with E-state index in [9.17, 15) is 19.2 Å². The topological polar surface area (TPSA) is 108 Å². The lowest BCUT2D eigenvalue weighted by molar-refractivity contribution is -0.131. The molecule has 0 radical (unpaired) electrons. The first kappa shape index (κ1) is 18.4. The normalized spacial score (nSPS) is 19.1. The summed E-state index contributed by atoms with van der Waals surface area (Å²) in [5.41, 5.74) is -0.536. The van der Waals surface area contributed by atoms with Crippen LogP contribution in [0.2, 0.25) is 0 Å². The van der Waals surface area contributed by atoms with E-state index in [4.69, 9.17) is 0 Å². The molecule has 0 spiro atoms.